The van der Waals surface area contributed by atoms with Crippen LogP contribution in [0.25, 0.3) is 11.4 Å². The van der Waals surface area contributed by atoms with Crippen LogP contribution in [0.3, 0.4) is 0 Å². The molecule has 0 saturated carbocycles. The summed E-state index contributed by atoms with van der Waals surface area (Å²) in [6.07, 6.45) is 1.00. The highest BCUT2D eigenvalue weighted by molar-refractivity contribution is 6.31. The highest BCUT2D eigenvalue weighted by Crippen LogP contribution is 2.21. The molecule has 2 rings (SSSR count). The lowest BCUT2D eigenvalue weighted by Crippen LogP contribution is -2.18. The van der Waals surface area contributed by atoms with E-state index in [9.17, 15) is 9.18 Å². The molecule has 0 aliphatic rings. The minimum atomic E-state index is -0.501. The number of rotatable bonds is 5. The minimum absolute atomic E-state index is 0.000315. The van der Waals surface area contributed by atoms with Crippen LogP contribution in [-0.2, 0) is 6.54 Å². The maximum absolute atomic E-state index is 13.1. The first kappa shape index (κ1) is 14.7. The molecule has 1 aromatic carbocycles. The number of benzene rings is 1. The molecule has 0 bridgehead atoms. The van der Waals surface area contributed by atoms with Crippen molar-refractivity contribution in [2.24, 2.45) is 0 Å². The standard InChI is InChI=1S/C14H15ClFN3O/c1-2-5-17-8-10-7-13(20)19-14(18-10)9-3-4-12(16)11(15)6-9/h3-4,6-7,17H,2,5,8H2,1H3,(H,18,19,20). The second-order valence-corrected chi connectivity index (χ2v) is 4.80. The van der Waals surface area contributed by atoms with E-state index in [0.29, 0.717) is 23.6 Å². The van der Waals surface area contributed by atoms with Crippen molar-refractivity contribution in [3.8, 4) is 11.4 Å². The van der Waals surface area contributed by atoms with Gasteiger partial charge in [-0.25, -0.2) is 9.37 Å². The zero-order valence-electron chi connectivity index (χ0n) is 11.0. The fraction of sp³-hybridized carbons (Fsp3) is 0.286. The number of aromatic amines is 1. The first-order chi connectivity index (χ1) is 9.60. The molecule has 20 heavy (non-hydrogen) atoms. The van der Waals surface area contributed by atoms with Gasteiger partial charge in [0.1, 0.15) is 11.6 Å². The number of nitrogens with zero attached hydrogens (tertiary/aromatic N) is 1. The lowest BCUT2D eigenvalue weighted by atomic mass is 10.2. The van der Waals surface area contributed by atoms with Gasteiger partial charge in [-0.3, -0.25) is 4.79 Å². The molecular formula is C14H15ClFN3O. The van der Waals surface area contributed by atoms with E-state index in [1.165, 1.54) is 24.3 Å². The predicted molar refractivity (Wildman–Crippen MR) is 77.3 cm³/mol. The lowest BCUT2D eigenvalue weighted by Gasteiger charge is -2.06. The van der Waals surface area contributed by atoms with E-state index in [-0.39, 0.29) is 10.6 Å². The van der Waals surface area contributed by atoms with Gasteiger partial charge in [-0.15, -0.1) is 0 Å². The summed E-state index contributed by atoms with van der Waals surface area (Å²) < 4.78 is 13.1. The third-order valence-electron chi connectivity index (χ3n) is 2.72. The fourth-order valence-electron chi connectivity index (χ4n) is 1.77. The van der Waals surface area contributed by atoms with Crippen LogP contribution in [0.4, 0.5) is 4.39 Å². The van der Waals surface area contributed by atoms with Crippen LogP contribution in [0.5, 0.6) is 0 Å². The molecule has 0 amide bonds. The Labute approximate surface area is 121 Å². The Morgan fingerprint density at radius 2 is 2.20 bits per heavy atom. The SMILES string of the molecule is CCCNCc1cc(=O)[nH]c(-c2ccc(F)c(Cl)c2)n1. The number of H-pyrrole nitrogens is 1. The van der Waals surface area contributed by atoms with Crippen molar-refractivity contribution in [1.29, 1.82) is 0 Å². The number of hydrogen-bond acceptors (Lipinski definition) is 3. The molecule has 6 heteroatoms. The average Bonchev–Trinajstić information content (AvgIpc) is 2.41. The highest BCUT2D eigenvalue weighted by atomic mass is 35.5. The number of aromatic nitrogens is 2. The van der Waals surface area contributed by atoms with Gasteiger partial charge in [-0.1, -0.05) is 18.5 Å². The van der Waals surface area contributed by atoms with Crippen LogP contribution in [0, 0.1) is 5.82 Å². The quantitative estimate of drug-likeness (QED) is 0.834. The molecule has 106 valence electrons. The molecule has 0 atom stereocenters. The van der Waals surface area contributed by atoms with Crippen molar-refractivity contribution >= 4 is 11.6 Å². The maximum atomic E-state index is 13.1. The van der Waals surface area contributed by atoms with Crippen LogP contribution in [-0.4, -0.2) is 16.5 Å². The molecule has 1 aromatic heterocycles. The molecular weight excluding hydrogens is 281 g/mol. The Morgan fingerprint density at radius 3 is 2.90 bits per heavy atom. The topological polar surface area (TPSA) is 57.8 Å². The van der Waals surface area contributed by atoms with Crippen LogP contribution >= 0.6 is 11.6 Å². The first-order valence-corrected chi connectivity index (χ1v) is 6.74. The van der Waals surface area contributed by atoms with E-state index in [0.717, 1.165) is 13.0 Å². The second-order valence-electron chi connectivity index (χ2n) is 4.39. The van der Waals surface area contributed by atoms with Gasteiger partial charge in [0.15, 0.2) is 0 Å². The van der Waals surface area contributed by atoms with E-state index in [2.05, 4.69) is 22.2 Å². The minimum Gasteiger partial charge on any atom is -0.311 e. The molecule has 0 spiro atoms. The summed E-state index contributed by atoms with van der Waals surface area (Å²) in [6.45, 7) is 3.43. The molecule has 0 unspecified atom stereocenters. The smallest absolute Gasteiger partial charge is 0.251 e. The number of hydrogen-bond donors (Lipinski definition) is 2. The van der Waals surface area contributed by atoms with E-state index in [1.54, 1.807) is 0 Å². The van der Waals surface area contributed by atoms with Crippen LogP contribution in [0.15, 0.2) is 29.1 Å². The number of nitrogens with one attached hydrogen (secondary N) is 2. The van der Waals surface area contributed by atoms with Gasteiger partial charge in [0.25, 0.3) is 5.56 Å². The summed E-state index contributed by atoms with van der Waals surface area (Å²) in [5.74, 6) is -0.119. The Hall–Kier alpha value is -1.72. The molecule has 4 nitrogen and oxygen atoms in total. The van der Waals surface area contributed by atoms with E-state index < -0.39 is 5.82 Å². The second kappa shape index (κ2) is 6.63. The third-order valence-corrected chi connectivity index (χ3v) is 3.01. The maximum Gasteiger partial charge on any atom is 0.251 e. The van der Waals surface area contributed by atoms with Crippen molar-refractivity contribution in [3.05, 3.63) is 51.2 Å². The summed E-state index contributed by atoms with van der Waals surface area (Å²) in [5.41, 5.74) is 0.965. The van der Waals surface area contributed by atoms with Crippen LogP contribution in [0.1, 0.15) is 19.0 Å². The van der Waals surface area contributed by atoms with Gasteiger partial charge in [0.05, 0.1) is 10.7 Å². The summed E-state index contributed by atoms with van der Waals surface area (Å²) in [4.78, 5) is 18.6. The van der Waals surface area contributed by atoms with Crippen molar-refractivity contribution in [1.82, 2.24) is 15.3 Å². The van der Waals surface area contributed by atoms with Gasteiger partial charge in [0, 0.05) is 18.2 Å². The third kappa shape index (κ3) is 3.65. The molecule has 0 fully saturated rings. The molecule has 2 aromatic rings. The number of halogens is 2. The Bertz CT molecular complexity index is 657. The monoisotopic (exact) mass is 295 g/mol. The van der Waals surface area contributed by atoms with E-state index in [1.807, 2.05) is 0 Å². The first-order valence-electron chi connectivity index (χ1n) is 6.36. The van der Waals surface area contributed by atoms with Gasteiger partial charge >= 0.3 is 0 Å². The molecule has 0 aliphatic carbocycles. The van der Waals surface area contributed by atoms with E-state index >= 15 is 0 Å². The zero-order chi connectivity index (χ0) is 14.5. The highest BCUT2D eigenvalue weighted by Gasteiger charge is 2.07. The van der Waals surface area contributed by atoms with Gasteiger partial charge in [-0.05, 0) is 31.2 Å². The summed E-state index contributed by atoms with van der Waals surface area (Å²) >= 11 is 5.74. The van der Waals surface area contributed by atoms with Crippen LogP contribution in [0.2, 0.25) is 5.02 Å². The van der Waals surface area contributed by atoms with Gasteiger partial charge in [-0.2, -0.15) is 0 Å². The molecule has 1 heterocycles. The summed E-state index contributed by atoms with van der Waals surface area (Å²) in [6, 6.07) is 5.66. The largest absolute Gasteiger partial charge is 0.311 e. The van der Waals surface area contributed by atoms with Crippen molar-refractivity contribution in [2.75, 3.05) is 6.54 Å². The fourth-order valence-corrected chi connectivity index (χ4v) is 1.95. The molecule has 0 radical (unpaired) electrons. The predicted octanol–water partition coefficient (Wildman–Crippen LogP) is 2.73. The Balaban J connectivity index is 2.31. The van der Waals surface area contributed by atoms with Gasteiger partial charge < -0.3 is 10.3 Å². The van der Waals surface area contributed by atoms with Crippen molar-refractivity contribution in [2.45, 2.75) is 19.9 Å². The van der Waals surface area contributed by atoms with Crippen molar-refractivity contribution < 1.29 is 4.39 Å². The van der Waals surface area contributed by atoms with Gasteiger partial charge in [0.2, 0.25) is 0 Å². The lowest BCUT2D eigenvalue weighted by molar-refractivity contribution is 0.628. The van der Waals surface area contributed by atoms with Crippen molar-refractivity contribution in [3.63, 3.8) is 0 Å². The summed E-state index contributed by atoms with van der Waals surface area (Å²) in [5, 5.41) is 3.18. The summed E-state index contributed by atoms with van der Waals surface area (Å²) in [7, 11) is 0. The molecule has 0 aliphatic heterocycles. The molecule has 0 saturated heterocycles. The van der Waals surface area contributed by atoms with E-state index in [4.69, 9.17) is 11.6 Å². The van der Waals surface area contributed by atoms with Crippen LogP contribution < -0.4 is 10.9 Å². The molecule has 2 N–H and O–H groups in total. The zero-order valence-corrected chi connectivity index (χ0v) is 11.8. The normalized spacial score (nSPS) is 10.8. The average molecular weight is 296 g/mol. The Morgan fingerprint density at radius 1 is 1.40 bits per heavy atom. The Kier molecular flexibility index (Phi) is 4.87.